The van der Waals surface area contributed by atoms with Gasteiger partial charge >= 0.3 is 0 Å². The fourth-order valence-corrected chi connectivity index (χ4v) is 3.34. The molecule has 22 heavy (non-hydrogen) atoms. The molecular formula is C16H26N2O3S. The summed E-state index contributed by atoms with van der Waals surface area (Å²) in [5, 5.41) is 0. The van der Waals surface area contributed by atoms with Gasteiger partial charge in [0.1, 0.15) is 0 Å². The van der Waals surface area contributed by atoms with E-state index in [4.69, 9.17) is 0 Å². The molecule has 0 unspecified atom stereocenters. The Morgan fingerprint density at radius 3 is 2.32 bits per heavy atom. The summed E-state index contributed by atoms with van der Waals surface area (Å²) < 4.78 is 25.4. The molecule has 0 aliphatic heterocycles. The normalized spacial score (nSPS) is 11.3. The fraction of sp³-hybridized carbons (Fsp3) is 0.562. The first-order valence-electron chi connectivity index (χ1n) is 7.61. The number of carbonyl (C=O) groups is 1. The maximum atomic E-state index is 12.0. The van der Waals surface area contributed by atoms with E-state index in [0.717, 1.165) is 5.56 Å². The largest absolute Gasteiger partial charge is 0.343 e. The summed E-state index contributed by atoms with van der Waals surface area (Å²) in [6.45, 7) is 7.49. The number of hydrogen-bond donors (Lipinski definition) is 0. The zero-order valence-corrected chi connectivity index (χ0v) is 14.7. The molecule has 0 bridgehead atoms. The van der Waals surface area contributed by atoms with Gasteiger partial charge in [-0.25, -0.2) is 8.42 Å². The third kappa shape index (κ3) is 5.33. The van der Waals surface area contributed by atoms with Crippen molar-refractivity contribution in [2.24, 2.45) is 0 Å². The Morgan fingerprint density at radius 2 is 1.82 bits per heavy atom. The van der Waals surface area contributed by atoms with Crippen LogP contribution in [0.1, 0.15) is 32.3 Å². The molecule has 0 heterocycles. The van der Waals surface area contributed by atoms with E-state index in [-0.39, 0.29) is 5.91 Å². The molecule has 0 aliphatic carbocycles. The van der Waals surface area contributed by atoms with Crippen LogP contribution >= 0.6 is 0 Å². The van der Waals surface area contributed by atoms with E-state index < -0.39 is 10.0 Å². The molecule has 1 aromatic carbocycles. The average Bonchev–Trinajstić information content (AvgIpc) is 2.43. The van der Waals surface area contributed by atoms with Crippen molar-refractivity contribution in [3.63, 3.8) is 0 Å². The predicted octanol–water partition coefficient (Wildman–Crippen LogP) is 2.41. The van der Waals surface area contributed by atoms with Crippen molar-refractivity contribution in [3.05, 3.63) is 29.8 Å². The molecular weight excluding hydrogens is 300 g/mol. The van der Waals surface area contributed by atoms with Crippen LogP contribution in [0, 0.1) is 6.92 Å². The first kappa shape index (κ1) is 18.5. The summed E-state index contributed by atoms with van der Waals surface area (Å²) in [4.78, 5) is 13.7. The molecule has 0 aromatic heterocycles. The zero-order valence-electron chi connectivity index (χ0n) is 13.9. The molecule has 0 N–H and O–H groups in total. The summed E-state index contributed by atoms with van der Waals surface area (Å²) in [5.74, 6) is 0.0719. The topological polar surface area (TPSA) is 57.7 Å². The number of anilines is 1. The number of hydrogen-bond acceptors (Lipinski definition) is 3. The summed E-state index contributed by atoms with van der Waals surface area (Å²) in [6, 6.07) is 7.38. The Hall–Kier alpha value is -1.56. The van der Waals surface area contributed by atoms with Crippen LogP contribution in [0.3, 0.4) is 0 Å². The smallest absolute Gasteiger partial charge is 0.232 e. The SMILES string of the molecule is CCN(CC)C(=O)CCCN(c1cccc(C)c1)S(C)(=O)=O. The average molecular weight is 326 g/mol. The van der Waals surface area contributed by atoms with Gasteiger partial charge in [-0.2, -0.15) is 0 Å². The molecule has 0 aliphatic rings. The molecule has 0 spiro atoms. The monoisotopic (exact) mass is 326 g/mol. The lowest BCUT2D eigenvalue weighted by Gasteiger charge is -2.24. The lowest BCUT2D eigenvalue weighted by atomic mass is 10.2. The highest BCUT2D eigenvalue weighted by Gasteiger charge is 2.18. The van der Waals surface area contributed by atoms with Crippen molar-refractivity contribution in [3.8, 4) is 0 Å². The lowest BCUT2D eigenvalue weighted by molar-refractivity contribution is -0.130. The summed E-state index contributed by atoms with van der Waals surface area (Å²) in [7, 11) is -3.36. The van der Waals surface area contributed by atoms with Crippen molar-refractivity contribution < 1.29 is 13.2 Å². The van der Waals surface area contributed by atoms with Crippen LogP contribution in [-0.2, 0) is 14.8 Å². The van der Waals surface area contributed by atoms with Crippen LogP contribution in [0.25, 0.3) is 0 Å². The Morgan fingerprint density at radius 1 is 1.18 bits per heavy atom. The highest BCUT2D eigenvalue weighted by Crippen LogP contribution is 2.19. The summed E-state index contributed by atoms with van der Waals surface area (Å²) >= 11 is 0. The minimum atomic E-state index is -3.36. The van der Waals surface area contributed by atoms with Gasteiger partial charge in [0.05, 0.1) is 11.9 Å². The zero-order chi connectivity index (χ0) is 16.8. The quantitative estimate of drug-likeness (QED) is 0.737. The van der Waals surface area contributed by atoms with Gasteiger partial charge in [0, 0.05) is 26.1 Å². The summed E-state index contributed by atoms with van der Waals surface area (Å²) in [5.41, 5.74) is 1.66. The predicted molar refractivity (Wildman–Crippen MR) is 90.5 cm³/mol. The van der Waals surface area contributed by atoms with Gasteiger partial charge in [-0.15, -0.1) is 0 Å². The first-order valence-corrected chi connectivity index (χ1v) is 9.46. The fourth-order valence-electron chi connectivity index (χ4n) is 2.38. The second-order valence-corrected chi connectivity index (χ2v) is 7.25. The van der Waals surface area contributed by atoms with Gasteiger partial charge in [0.25, 0.3) is 0 Å². The van der Waals surface area contributed by atoms with Crippen LogP contribution in [0.2, 0.25) is 0 Å². The molecule has 124 valence electrons. The van der Waals surface area contributed by atoms with E-state index in [1.807, 2.05) is 39.0 Å². The molecule has 1 aromatic rings. The maximum Gasteiger partial charge on any atom is 0.232 e. The third-order valence-electron chi connectivity index (χ3n) is 3.56. The van der Waals surface area contributed by atoms with Crippen LogP contribution in [0.5, 0.6) is 0 Å². The number of carbonyl (C=O) groups excluding carboxylic acids is 1. The van der Waals surface area contributed by atoms with E-state index >= 15 is 0 Å². The van der Waals surface area contributed by atoms with Crippen molar-refractivity contribution >= 4 is 21.6 Å². The molecule has 0 atom stereocenters. The molecule has 0 radical (unpaired) electrons. The number of rotatable bonds is 8. The number of aryl methyl sites for hydroxylation is 1. The van der Waals surface area contributed by atoms with E-state index in [0.29, 0.717) is 38.2 Å². The first-order chi connectivity index (χ1) is 10.3. The van der Waals surface area contributed by atoms with Crippen molar-refractivity contribution in [1.29, 1.82) is 0 Å². The van der Waals surface area contributed by atoms with E-state index in [2.05, 4.69) is 0 Å². The summed E-state index contributed by atoms with van der Waals surface area (Å²) in [6.07, 6.45) is 2.07. The molecule has 1 amide bonds. The standard InChI is InChI=1S/C16H26N2O3S/c1-5-17(6-2)16(19)11-8-12-18(22(4,20)21)15-10-7-9-14(3)13-15/h7,9-10,13H,5-6,8,11-12H2,1-4H3. The Balaban J connectivity index is 2.75. The second-order valence-electron chi connectivity index (χ2n) is 5.34. The van der Waals surface area contributed by atoms with Crippen LogP contribution in [-0.4, -0.2) is 45.1 Å². The third-order valence-corrected chi connectivity index (χ3v) is 4.75. The van der Waals surface area contributed by atoms with E-state index in [9.17, 15) is 13.2 Å². The van der Waals surface area contributed by atoms with Gasteiger partial charge in [-0.05, 0) is 44.9 Å². The molecule has 0 saturated heterocycles. The number of sulfonamides is 1. The van der Waals surface area contributed by atoms with Gasteiger partial charge in [0.15, 0.2) is 0 Å². The van der Waals surface area contributed by atoms with Gasteiger partial charge in [-0.1, -0.05) is 12.1 Å². The van der Waals surface area contributed by atoms with Crippen LogP contribution in [0.4, 0.5) is 5.69 Å². The van der Waals surface area contributed by atoms with Crippen LogP contribution < -0.4 is 4.31 Å². The Labute approximate surface area is 134 Å². The van der Waals surface area contributed by atoms with E-state index in [1.54, 1.807) is 11.0 Å². The Kier molecular flexibility index (Phi) is 6.87. The molecule has 0 fully saturated rings. The number of benzene rings is 1. The van der Waals surface area contributed by atoms with Gasteiger partial charge < -0.3 is 4.90 Å². The van der Waals surface area contributed by atoms with Crippen molar-refractivity contribution in [2.45, 2.75) is 33.6 Å². The highest BCUT2D eigenvalue weighted by molar-refractivity contribution is 7.92. The lowest BCUT2D eigenvalue weighted by Crippen LogP contribution is -2.33. The van der Waals surface area contributed by atoms with E-state index in [1.165, 1.54) is 10.6 Å². The van der Waals surface area contributed by atoms with Crippen LogP contribution in [0.15, 0.2) is 24.3 Å². The highest BCUT2D eigenvalue weighted by atomic mass is 32.2. The maximum absolute atomic E-state index is 12.0. The Bertz CT molecular complexity index is 595. The number of nitrogens with zero attached hydrogens (tertiary/aromatic N) is 2. The van der Waals surface area contributed by atoms with Gasteiger partial charge in [0.2, 0.25) is 15.9 Å². The van der Waals surface area contributed by atoms with Crippen molar-refractivity contribution in [2.75, 3.05) is 30.2 Å². The molecule has 0 saturated carbocycles. The minimum Gasteiger partial charge on any atom is -0.343 e. The minimum absolute atomic E-state index is 0.0719. The molecule has 1 rings (SSSR count). The molecule has 5 nitrogen and oxygen atoms in total. The van der Waals surface area contributed by atoms with Gasteiger partial charge in [-0.3, -0.25) is 9.10 Å². The van der Waals surface area contributed by atoms with Crippen molar-refractivity contribution in [1.82, 2.24) is 4.90 Å². The number of amides is 1. The second kappa shape index (κ2) is 8.17. The molecule has 6 heteroatoms.